The summed E-state index contributed by atoms with van der Waals surface area (Å²) in [5, 5.41) is 5.49. The van der Waals surface area contributed by atoms with E-state index in [1.165, 1.54) is 18.2 Å². The van der Waals surface area contributed by atoms with Crippen molar-refractivity contribution in [2.24, 2.45) is 5.92 Å². The van der Waals surface area contributed by atoms with Crippen molar-refractivity contribution in [3.8, 4) is 0 Å². The fourth-order valence-electron chi connectivity index (χ4n) is 2.48. The topological polar surface area (TPSA) is 58.2 Å². The number of halogens is 1. The Morgan fingerprint density at radius 2 is 1.72 bits per heavy atom. The van der Waals surface area contributed by atoms with E-state index in [1.54, 1.807) is 6.07 Å². The summed E-state index contributed by atoms with van der Waals surface area (Å²) in [6.45, 7) is 7.50. The molecule has 0 aliphatic carbocycles. The SMILES string of the molecule is Cc1ccc(C)c(NC(=O)[C@@H](NC(=O)c2ccccc2F)C(C)C)c1. The van der Waals surface area contributed by atoms with Crippen molar-refractivity contribution in [3.05, 3.63) is 65.0 Å². The van der Waals surface area contributed by atoms with Crippen molar-refractivity contribution in [1.82, 2.24) is 5.32 Å². The van der Waals surface area contributed by atoms with Gasteiger partial charge in [0.2, 0.25) is 5.91 Å². The maximum absolute atomic E-state index is 13.8. The smallest absolute Gasteiger partial charge is 0.254 e. The molecule has 132 valence electrons. The number of carbonyl (C=O) groups is 2. The first kappa shape index (κ1) is 18.6. The van der Waals surface area contributed by atoms with E-state index in [2.05, 4.69) is 10.6 Å². The molecule has 0 spiro atoms. The fourth-order valence-corrected chi connectivity index (χ4v) is 2.48. The molecule has 0 saturated heterocycles. The first-order chi connectivity index (χ1) is 11.8. The number of rotatable bonds is 5. The lowest BCUT2D eigenvalue weighted by Gasteiger charge is -2.22. The number of hydrogen-bond acceptors (Lipinski definition) is 2. The van der Waals surface area contributed by atoms with Crippen LogP contribution < -0.4 is 10.6 Å². The zero-order valence-electron chi connectivity index (χ0n) is 14.9. The molecule has 0 saturated carbocycles. The predicted octanol–water partition coefficient (Wildman–Crippen LogP) is 3.84. The van der Waals surface area contributed by atoms with Gasteiger partial charge in [0.05, 0.1) is 5.56 Å². The van der Waals surface area contributed by atoms with E-state index in [0.717, 1.165) is 11.1 Å². The number of hydrogen-bond donors (Lipinski definition) is 2. The van der Waals surface area contributed by atoms with Crippen molar-refractivity contribution in [1.29, 1.82) is 0 Å². The largest absolute Gasteiger partial charge is 0.340 e. The molecule has 0 radical (unpaired) electrons. The lowest BCUT2D eigenvalue weighted by atomic mass is 10.0. The molecule has 1 atom stereocenters. The normalized spacial score (nSPS) is 11.9. The van der Waals surface area contributed by atoms with Crippen LogP contribution in [0.3, 0.4) is 0 Å². The Balaban J connectivity index is 2.17. The van der Waals surface area contributed by atoms with Crippen LogP contribution in [0.4, 0.5) is 10.1 Å². The van der Waals surface area contributed by atoms with Gasteiger partial charge >= 0.3 is 0 Å². The highest BCUT2D eigenvalue weighted by molar-refractivity contribution is 6.01. The molecule has 2 aromatic carbocycles. The first-order valence-electron chi connectivity index (χ1n) is 8.23. The van der Waals surface area contributed by atoms with E-state index in [0.29, 0.717) is 5.69 Å². The quantitative estimate of drug-likeness (QED) is 0.867. The molecule has 0 fully saturated rings. The Labute approximate surface area is 147 Å². The predicted molar refractivity (Wildman–Crippen MR) is 97.0 cm³/mol. The molecule has 0 aliphatic rings. The second kappa shape index (κ2) is 7.92. The van der Waals surface area contributed by atoms with Crippen LogP contribution in [0.5, 0.6) is 0 Å². The molecule has 2 aromatic rings. The van der Waals surface area contributed by atoms with E-state index in [4.69, 9.17) is 0 Å². The zero-order chi connectivity index (χ0) is 18.6. The summed E-state index contributed by atoms with van der Waals surface area (Å²) in [5.74, 6) is -1.69. The van der Waals surface area contributed by atoms with Crippen LogP contribution in [0.25, 0.3) is 0 Å². The van der Waals surface area contributed by atoms with Crippen LogP contribution in [-0.2, 0) is 4.79 Å². The minimum Gasteiger partial charge on any atom is -0.340 e. The molecule has 0 bridgehead atoms. The van der Waals surface area contributed by atoms with Crippen LogP contribution in [0.15, 0.2) is 42.5 Å². The van der Waals surface area contributed by atoms with Gasteiger partial charge in [-0.1, -0.05) is 38.1 Å². The van der Waals surface area contributed by atoms with Crippen LogP contribution in [0.1, 0.15) is 35.3 Å². The van der Waals surface area contributed by atoms with Crippen molar-refractivity contribution in [2.75, 3.05) is 5.32 Å². The van der Waals surface area contributed by atoms with Crippen LogP contribution in [0.2, 0.25) is 0 Å². The van der Waals surface area contributed by atoms with Crippen molar-refractivity contribution >= 4 is 17.5 Å². The first-order valence-corrected chi connectivity index (χ1v) is 8.23. The molecule has 0 heterocycles. The van der Waals surface area contributed by atoms with E-state index >= 15 is 0 Å². The van der Waals surface area contributed by atoms with Gasteiger partial charge in [-0.2, -0.15) is 0 Å². The highest BCUT2D eigenvalue weighted by Crippen LogP contribution is 2.18. The Kier molecular flexibility index (Phi) is 5.91. The third-order valence-corrected chi connectivity index (χ3v) is 4.01. The van der Waals surface area contributed by atoms with Gasteiger partial charge in [-0.3, -0.25) is 9.59 Å². The molecule has 0 unspecified atom stereocenters. The van der Waals surface area contributed by atoms with Gasteiger partial charge in [0.1, 0.15) is 11.9 Å². The molecule has 4 nitrogen and oxygen atoms in total. The molecule has 5 heteroatoms. The monoisotopic (exact) mass is 342 g/mol. The summed E-state index contributed by atoms with van der Waals surface area (Å²) in [5.41, 5.74) is 2.59. The van der Waals surface area contributed by atoms with E-state index < -0.39 is 17.8 Å². The number of amides is 2. The summed E-state index contributed by atoms with van der Waals surface area (Å²) in [6.07, 6.45) is 0. The van der Waals surface area contributed by atoms with E-state index in [1.807, 2.05) is 45.9 Å². The highest BCUT2D eigenvalue weighted by atomic mass is 19.1. The van der Waals surface area contributed by atoms with Gasteiger partial charge in [-0.05, 0) is 49.1 Å². The maximum Gasteiger partial charge on any atom is 0.254 e. The van der Waals surface area contributed by atoms with Gasteiger partial charge in [0, 0.05) is 5.69 Å². The molecule has 2 amide bonds. The minimum absolute atomic E-state index is 0.0762. The lowest BCUT2D eigenvalue weighted by molar-refractivity contribution is -0.118. The van der Waals surface area contributed by atoms with E-state index in [9.17, 15) is 14.0 Å². The van der Waals surface area contributed by atoms with Gasteiger partial charge in [-0.25, -0.2) is 4.39 Å². The summed E-state index contributed by atoms with van der Waals surface area (Å²) in [4.78, 5) is 25.0. The summed E-state index contributed by atoms with van der Waals surface area (Å²) in [6, 6.07) is 10.7. The van der Waals surface area contributed by atoms with Gasteiger partial charge in [-0.15, -0.1) is 0 Å². The Morgan fingerprint density at radius 1 is 1.04 bits per heavy atom. The second-order valence-electron chi connectivity index (χ2n) is 6.48. The number of benzene rings is 2. The van der Waals surface area contributed by atoms with Crippen molar-refractivity contribution in [3.63, 3.8) is 0 Å². The molecular weight excluding hydrogens is 319 g/mol. The number of aryl methyl sites for hydroxylation is 2. The second-order valence-corrected chi connectivity index (χ2v) is 6.48. The Morgan fingerprint density at radius 3 is 2.36 bits per heavy atom. The zero-order valence-corrected chi connectivity index (χ0v) is 14.9. The molecule has 0 aliphatic heterocycles. The number of nitrogens with one attached hydrogen (secondary N) is 2. The third kappa shape index (κ3) is 4.66. The Bertz CT molecular complexity index is 787. The summed E-state index contributed by atoms with van der Waals surface area (Å²) in [7, 11) is 0. The average molecular weight is 342 g/mol. The van der Waals surface area contributed by atoms with E-state index in [-0.39, 0.29) is 17.4 Å². The standard InChI is InChI=1S/C20H23FN2O2/c1-12(2)18(23-19(24)15-7-5-6-8-16(15)21)20(25)22-17-11-13(3)9-10-14(17)4/h5-12,18H,1-4H3,(H,22,25)(H,23,24)/t18-/m0/s1. The number of carbonyl (C=O) groups excluding carboxylic acids is 2. The van der Waals surface area contributed by atoms with Crippen LogP contribution in [-0.4, -0.2) is 17.9 Å². The Hall–Kier alpha value is -2.69. The van der Waals surface area contributed by atoms with Crippen molar-refractivity contribution < 1.29 is 14.0 Å². The molecule has 2 rings (SSSR count). The minimum atomic E-state index is -0.771. The van der Waals surface area contributed by atoms with Crippen LogP contribution in [0, 0.1) is 25.6 Å². The molecule has 0 aromatic heterocycles. The average Bonchev–Trinajstić information content (AvgIpc) is 2.55. The maximum atomic E-state index is 13.8. The van der Waals surface area contributed by atoms with Crippen LogP contribution >= 0.6 is 0 Å². The molecular formula is C20H23FN2O2. The summed E-state index contributed by atoms with van der Waals surface area (Å²) >= 11 is 0. The lowest BCUT2D eigenvalue weighted by Crippen LogP contribution is -2.47. The highest BCUT2D eigenvalue weighted by Gasteiger charge is 2.26. The number of anilines is 1. The van der Waals surface area contributed by atoms with Gasteiger partial charge in [0.25, 0.3) is 5.91 Å². The molecule has 2 N–H and O–H groups in total. The van der Waals surface area contributed by atoms with Gasteiger partial charge in [0.15, 0.2) is 0 Å². The summed E-state index contributed by atoms with van der Waals surface area (Å²) < 4.78 is 13.8. The van der Waals surface area contributed by atoms with Crippen molar-refractivity contribution in [2.45, 2.75) is 33.7 Å². The molecule has 25 heavy (non-hydrogen) atoms. The third-order valence-electron chi connectivity index (χ3n) is 4.01. The fraction of sp³-hybridized carbons (Fsp3) is 0.300. The van der Waals surface area contributed by atoms with Gasteiger partial charge < -0.3 is 10.6 Å².